The van der Waals surface area contributed by atoms with Crippen LogP contribution in [0.15, 0.2) is 70.4 Å². The van der Waals surface area contributed by atoms with Gasteiger partial charge in [0, 0.05) is 15.7 Å². The van der Waals surface area contributed by atoms with E-state index in [1.807, 2.05) is 55.5 Å². The molecule has 132 valence electrons. The van der Waals surface area contributed by atoms with Gasteiger partial charge in [0.15, 0.2) is 5.69 Å². The summed E-state index contributed by atoms with van der Waals surface area (Å²) in [5, 5.41) is 9.12. The second-order valence-corrected chi connectivity index (χ2v) is 7.02. The van der Waals surface area contributed by atoms with Gasteiger partial charge >= 0.3 is 0 Å². The molecule has 0 unspecified atom stereocenters. The molecule has 0 aliphatic carbocycles. The first-order chi connectivity index (χ1) is 12.5. The number of amides is 1. The highest BCUT2D eigenvalue weighted by Crippen LogP contribution is 2.12. The average molecular weight is 432 g/mol. The van der Waals surface area contributed by atoms with Crippen LogP contribution < -0.4 is 5.43 Å². The van der Waals surface area contributed by atoms with Crippen molar-refractivity contribution < 1.29 is 4.79 Å². The molecule has 1 aromatic heterocycles. The summed E-state index contributed by atoms with van der Waals surface area (Å²) in [6.07, 6.45) is 1.76. The van der Waals surface area contributed by atoms with Crippen LogP contribution >= 0.6 is 27.5 Å². The van der Waals surface area contributed by atoms with Gasteiger partial charge in [0.1, 0.15) is 0 Å². The number of hydrazone groups is 1. The van der Waals surface area contributed by atoms with Gasteiger partial charge in [-0.25, -0.2) is 5.43 Å². The van der Waals surface area contributed by atoms with E-state index in [0.717, 1.165) is 15.6 Å². The Labute approximate surface area is 164 Å². The monoisotopic (exact) mass is 430 g/mol. The van der Waals surface area contributed by atoms with Gasteiger partial charge in [-0.3, -0.25) is 9.48 Å². The largest absolute Gasteiger partial charge is 0.291 e. The number of carbonyl (C=O) groups is 1. The number of rotatable bonds is 5. The lowest BCUT2D eigenvalue weighted by molar-refractivity contribution is 0.0949. The molecule has 0 spiro atoms. The SMILES string of the molecule is C/C(=N\NC(=O)c1ccn(Cc2ccc(Cl)cc2)n1)c1ccc(Br)cc1. The molecule has 0 aliphatic rings. The summed E-state index contributed by atoms with van der Waals surface area (Å²) in [4.78, 5) is 12.2. The summed E-state index contributed by atoms with van der Waals surface area (Å²) < 4.78 is 2.69. The minimum Gasteiger partial charge on any atom is -0.268 e. The maximum absolute atomic E-state index is 12.2. The third-order valence-corrected chi connectivity index (χ3v) is 4.50. The lowest BCUT2D eigenvalue weighted by Gasteiger charge is -2.03. The molecule has 0 fully saturated rings. The summed E-state index contributed by atoms with van der Waals surface area (Å²) in [6, 6.07) is 16.9. The Morgan fingerprint density at radius 3 is 2.54 bits per heavy atom. The normalized spacial score (nSPS) is 11.4. The Bertz CT molecular complexity index is 933. The zero-order valence-corrected chi connectivity index (χ0v) is 16.3. The minimum absolute atomic E-state index is 0.311. The molecule has 3 aromatic rings. The highest BCUT2D eigenvalue weighted by atomic mass is 79.9. The van der Waals surface area contributed by atoms with Gasteiger partial charge in [0.05, 0.1) is 12.3 Å². The van der Waals surface area contributed by atoms with E-state index in [2.05, 4.69) is 31.6 Å². The molecule has 5 nitrogen and oxygen atoms in total. The molecule has 0 atom stereocenters. The summed E-state index contributed by atoms with van der Waals surface area (Å²) in [7, 11) is 0. The van der Waals surface area contributed by atoms with Crippen molar-refractivity contribution in [2.24, 2.45) is 5.10 Å². The molecule has 0 bridgehead atoms. The van der Waals surface area contributed by atoms with Crippen LogP contribution in [0.3, 0.4) is 0 Å². The van der Waals surface area contributed by atoms with Crippen LogP contribution in [-0.2, 0) is 6.54 Å². The second-order valence-electron chi connectivity index (χ2n) is 5.67. The standard InChI is InChI=1S/C19H16BrClN4O/c1-13(15-4-6-16(20)7-5-15)22-23-19(26)18-10-11-25(24-18)12-14-2-8-17(21)9-3-14/h2-11H,12H2,1H3,(H,23,26)/b22-13+. The van der Waals surface area contributed by atoms with Crippen molar-refractivity contribution in [1.82, 2.24) is 15.2 Å². The van der Waals surface area contributed by atoms with Gasteiger partial charge in [0.25, 0.3) is 5.91 Å². The predicted octanol–water partition coefficient (Wildman–Crippen LogP) is 4.50. The molecule has 1 N–H and O–H groups in total. The minimum atomic E-state index is -0.351. The van der Waals surface area contributed by atoms with Crippen LogP contribution in [0.4, 0.5) is 0 Å². The number of aromatic nitrogens is 2. The molecule has 26 heavy (non-hydrogen) atoms. The molecule has 0 aliphatic heterocycles. The van der Waals surface area contributed by atoms with E-state index in [9.17, 15) is 4.79 Å². The molecular formula is C19H16BrClN4O. The van der Waals surface area contributed by atoms with E-state index in [-0.39, 0.29) is 5.91 Å². The Morgan fingerprint density at radius 2 is 1.85 bits per heavy atom. The fourth-order valence-electron chi connectivity index (χ4n) is 2.30. The lowest BCUT2D eigenvalue weighted by Crippen LogP contribution is -2.20. The van der Waals surface area contributed by atoms with Crippen molar-refractivity contribution in [3.05, 3.63) is 87.1 Å². The van der Waals surface area contributed by atoms with Crippen molar-refractivity contribution in [2.75, 3.05) is 0 Å². The first-order valence-corrected chi connectivity index (χ1v) is 9.07. The van der Waals surface area contributed by atoms with E-state index < -0.39 is 0 Å². The molecule has 0 radical (unpaired) electrons. The van der Waals surface area contributed by atoms with Gasteiger partial charge < -0.3 is 0 Å². The van der Waals surface area contributed by atoms with E-state index >= 15 is 0 Å². The summed E-state index contributed by atoms with van der Waals surface area (Å²) >= 11 is 9.27. The molecule has 7 heteroatoms. The van der Waals surface area contributed by atoms with Gasteiger partial charge in [-0.1, -0.05) is 51.8 Å². The first-order valence-electron chi connectivity index (χ1n) is 7.90. The van der Waals surface area contributed by atoms with Crippen molar-refractivity contribution in [1.29, 1.82) is 0 Å². The smallest absolute Gasteiger partial charge is 0.268 e. The summed E-state index contributed by atoms with van der Waals surface area (Å²) in [5.41, 5.74) is 5.55. The summed E-state index contributed by atoms with van der Waals surface area (Å²) in [6.45, 7) is 2.40. The van der Waals surface area contributed by atoms with E-state index in [4.69, 9.17) is 11.6 Å². The fraction of sp³-hybridized carbons (Fsp3) is 0.105. The molecule has 1 heterocycles. The van der Waals surface area contributed by atoms with E-state index in [1.165, 1.54) is 0 Å². The highest BCUT2D eigenvalue weighted by molar-refractivity contribution is 9.10. The van der Waals surface area contributed by atoms with Gasteiger partial charge in [-0.2, -0.15) is 10.2 Å². The molecular weight excluding hydrogens is 416 g/mol. The number of benzene rings is 2. The second kappa shape index (κ2) is 8.29. The Balaban J connectivity index is 1.63. The van der Waals surface area contributed by atoms with Gasteiger partial charge in [-0.15, -0.1) is 0 Å². The number of nitrogens with zero attached hydrogens (tertiary/aromatic N) is 3. The van der Waals surface area contributed by atoms with Crippen molar-refractivity contribution >= 4 is 39.1 Å². The molecule has 0 saturated heterocycles. The Kier molecular flexibility index (Phi) is 5.85. The van der Waals surface area contributed by atoms with Crippen molar-refractivity contribution in [3.8, 4) is 0 Å². The number of carbonyl (C=O) groups excluding carboxylic acids is 1. The average Bonchev–Trinajstić information content (AvgIpc) is 3.10. The molecule has 0 saturated carbocycles. The van der Waals surface area contributed by atoms with E-state index in [0.29, 0.717) is 23.0 Å². The van der Waals surface area contributed by atoms with Gasteiger partial charge in [-0.05, 0) is 48.4 Å². The predicted molar refractivity (Wildman–Crippen MR) is 107 cm³/mol. The molecule has 1 amide bonds. The first kappa shape index (κ1) is 18.4. The maximum atomic E-state index is 12.2. The quantitative estimate of drug-likeness (QED) is 0.477. The van der Waals surface area contributed by atoms with Crippen LogP contribution in [0, 0.1) is 0 Å². The van der Waals surface area contributed by atoms with Crippen LogP contribution in [0.5, 0.6) is 0 Å². The zero-order valence-electron chi connectivity index (χ0n) is 14.0. The Hall–Kier alpha value is -2.44. The topological polar surface area (TPSA) is 59.3 Å². The van der Waals surface area contributed by atoms with Crippen molar-refractivity contribution in [2.45, 2.75) is 13.5 Å². The molecule has 2 aromatic carbocycles. The fourth-order valence-corrected chi connectivity index (χ4v) is 2.69. The number of hydrogen-bond acceptors (Lipinski definition) is 3. The highest BCUT2D eigenvalue weighted by Gasteiger charge is 2.09. The Morgan fingerprint density at radius 1 is 1.15 bits per heavy atom. The van der Waals surface area contributed by atoms with Crippen LogP contribution in [0.2, 0.25) is 5.02 Å². The third-order valence-electron chi connectivity index (χ3n) is 3.72. The zero-order chi connectivity index (χ0) is 18.5. The maximum Gasteiger partial charge on any atom is 0.291 e. The van der Waals surface area contributed by atoms with Crippen LogP contribution in [0.1, 0.15) is 28.5 Å². The number of hydrogen-bond donors (Lipinski definition) is 1. The van der Waals surface area contributed by atoms with Crippen molar-refractivity contribution in [3.63, 3.8) is 0 Å². The number of halogens is 2. The number of nitrogens with one attached hydrogen (secondary N) is 1. The van der Waals surface area contributed by atoms with Crippen LogP contribution in [-0.4, -0.2) is 21.4 Å². The summed E-state index contributed by atoms with van der Waals surface area (Å²) in [5.74, 6) is -0.351. The van der Waals surface area contributed by atoms with Crippen LogP contribution in [0.25, 0.3) is 0 Å². The van der Waals surface area contributed by atoms with Gasteiger partial charge in [0.2, 0.25) is 0 Å². The lowest BCUT2D eigenvalue weighted by atomic mass is 10.1. The van der Waals surface area contributed by atoms with E-state index in [1.54, 1.807) is 16.9 Å². The third kappa shape index (κ3) is 4.80. The molecule has 3 rings (SSSR count).